The number of benzene rings is 1. The predicted octanol–water partition coefficient (Wildman–Crippen LogP) is 0.966. The number of Topliss-reactive ketones (excluding diaryl/α,β-unsaturated/α-hetero) is 1. The minimum Gasteiger partial charge on any atom is -0.469 e. The molecule has 1 aromatic carbocycles. The van der Waals surface area contributed by atoms with Gasteiger partial charge in [0.1, 0.15) is 5.78 Å². The summed E-state index contributed by atoms with van der Waals surface area (Å²) < 4.78 is 4.86. The van der Waals surface area contributed by atoms with Crippen molar-refractivity contribution in [2.75, 3.05) is 13.7 Å². The van der Waals surface area contributed by atoms with Gasteiger partial charge in [0, 0.05) is 19.1 Å². The molecule has 0 aliphatic carbocycles. The van der Waals surface area contributed by atoms with Crippen molar-refractivity contribution in [3.8, 4) is 0 Å². The molecular weight excluding hydrogens is 268 g/mol. The van der Waals surface area contributed by atoms with Crippen molar-refractivity contribution in [2.45, 2.75) is 32.0 Å². The highest BCUT2D eigenvalue weighted by atomic mass is 16.5. The molecule has 114 valence electrons. The Balaban J connectivity index is 2.25. The van der Waals surface area contributed by atoms with Crippen LogP contribution in [0.3, 0.4) is 0 Å². The molecule has 1 aromatic rings. The Bertz CT molecular complexity index is 504. The van der Waals surface area contributed by atoms with Crippen LogP contribution in [0.1, 0.15) is 18.9 Å². The van der Waals surface area contributed by atoms with E-state index >= 15 is 0 Å². The molecule has 2 N–H and O–H groups in total. The molecule has 21 heavy (non-hydrogen) atoms. The van der Waals surface area contributed by atoms with Crippen LogP contribution in [0.5, 0.6) is 0 Å². The highest BCUT2D eigenvalue weighted by molar-refractivity contribution is 5.84. The van der Waals surface area contributed by atoms with Crippen LogP contribution >= 0.6 is 0 Å². The Hall–Kier alpha value is -1.72. The van der Waals surface area contributed by atoms with Crippen LogP contribution in [0, 0.1) is 5.92 Å². The Labute approximate surface area is 125 Å². The quantitative estimate of drug-likeness (QED) is 0.818. The standard InChI is InChI=1S/C16H22N2O3/c1-11(19)14-8-13(16(20)21-2)15(9-17)18(14)10-12-6-4-3-5-7-12/h3-7,13-15H,8-10,17H2,1-2H3. The van der Waals surface area contributed by atoms with Crippen LogP contribution in [0.4, 0.5) is 0 Å². The lowest BCUT2D eigenvalue weighted by atomic mass is 9.98. The number of methoxy groups -OCH3 is 1. The lowest BCUT2D eigenvalue weighted by Crippen LogP contribution is -2.45. The van der Waals surface area contributed by atoms with E-state index in [1.807, 2.05) is 35.2 Å². The second kappa shape index (κ2) is 6.83. The fraction of sp³-hybridized carbons (Fsp3) is 0.500. The SMILES string of the molecule is COC(=O)C1CC(C(C)=O)N(Cc2ccccc2)C1CN. The van der Waals surface area contributed by atoms with Gasteiger partial charge in [0.15, 0.2) is 0 Å². The van der Waals surface area contributed by atoms with Crippen molar-refractivity contribution in [3.63, 3.8) is 0 Å². The van der Waals surface area contributed by atoms with E-state index in [2.05, 4.69) is 0 Å². The maximum Gasteiger partial charge on any atom is 0.310 e. The summed E-state index contributed by atoms with van der Waals surface area (Å²) in [7, 11) is 1.37. The zero-order valence-corrected chi connectivity index (χ0v) is 12.5. The predicted molar refractivity (Wildman–Crippen MR) is 79.4 cm³/mol. The summed E-state index contributed by atoms with van der Waals surface area (Å²) in [5, 5.41) is 0. The number of hydrogen-bond acceptors (Lipinski definition) is 5. The molecule has 1 heterocycles. The Morgan fingerprint density at radius 2 is 2.00 bits per heavy atom. The molecule has 1 aliphatic rings. The van der Waals surface area contributed by atoms with Crippen molar-refractivity contribution < 1.29 is 14.3 Å². The number of ketones is 1. The molecule has 0 spiro atoms. The minimum absolute atomic E-state index is 0.0655. The summed E-state index contributed by atoms with van der Waals surface area (Å²) in [5.74, 6) is -0.555. The summed E-state index contributed by atoms with van der Waals surface area (Å²) >= 11 is 0. The molecule has 3 atom stereocenters. The van der Waals surface area contributed by atoms with Crippen LogP contribution in [-0.2, 0) is 20.9 Å². The van der Waals surface area contributed by atoms with Crippen molar-refractivity contribution in [2.24, 2.45) is 11.7 Å². The molecule has 0 amide bonds. The van der Waals surface area contributed by atoms with Crippen LogP contribution in [-0.4, -0.2) is 42.4 Å². The van der Waals surface area contributed by atoms with Gasteiger partial charge in [-0.1, -0.05) is 30.3 Å². The number of hydrogen-bond donors (Lipinski definition) is 1. The van der Waals surface area contributed by atoms with E-state index in [0.717, 1.165) is 5.56 Å². The summed E-state index contributed by atoms with van der Waals surface area (Å²) in [6.07, 6.45) is 0.483. The van der Waals surface area contributed by atoms with Gasteiger partial charge in [-0.05, 0) is 18.9 Å². The zero-order valence-electron chi connectivity index (χ0n) is 12.5. The molecule has 5 heteroatoms. The van der Waals surface area contributed by atoms with Gasteiger partial charge in [0.05, 0.1) is 19.1 Å². The number of nitrogens with two attached hydrogens (primary N) is 1. The van der Waals surface area contributed by atoms with Crippen molar-refractivity contribution in [1.29, 1.82) is 0 Å². The first-order valence-electron chi connectivity index (χ1n) is 7.16. The van der Waals surface area contributed by atoms with Gasteiger partial charge < -0.3 is 10.5 Å². The Morgan fingerprint density at radius 1 is 1.33 bits per heavy atom. The first-order chi connectivity index (χ1) is 10.1. The first-order valence-corrected chi connectivity index (χ1v) is 7.16. The van der Waals surface area contributed by atoms with Crippen LogP contribution in [0.15, 0.2) is 30.3 Å². The van der Waals surface area contributed by atoms with Crippen LogP contribution in [0.25, 0.3) is 0 Å². The topological polar surface area (TPSA) is 72.6 Å². The maximum absolute atomic E-state index is 11.9. The van der Waals surface area contributed by atoms with Crippen LogP contribution in [0.2, 0.25) is 0 Å². The lowest BCUT2D eigenvalue weighted by molar-refractivity contribution is -0.146. The van der Waals surface area contributed by atoms with Gasteiger partial charge in [-0.25, -0.2) is 0 Å². The third-order valence-corrected chi connectivity index (χ3v) is 4.19. The third kappa shape index (κ3) is 3.31. The van der Waals surface area contributed by atoms with Gasteiger partial charge in [0.2, 0.25) is 0 Å². The Morgan fingerprint density at radius 3 is 2.52 bits per heavy atom. The smallest absolute Gasteiger partial charge is 0.310 e. The lowest BCUT2D eigenvalue weighted by Gasteiger charge is -2.29. The molecule has 5 nitrogen and oxygen atoms in total. The van der Waals surface area contributed by atoms with E-state index < -0.39 is 0 Å². The van der Waals surface area contributed by atoms with E-state index in [1.54, 1.807) is 6.92 Å². The average molecular weight is 290 g/mol. The zero-order chi connectivity index (χ0) is 15.4. The fourth-order valence-corrected chi connectivity index (χ4v) is 3.12. The normalized spacial score (nSPS) is 25.8. The monoisotopic (exact) mass is 290 g/mol. The molecule has 2 rings (SSSR count). The van der Waals surface area contributed by atoms with Crippen molar-refractivity contribution in [3.05, 3.63) is 35.9 Å². The second-order valence-electron chi connectivity index (χ2n) is 5.45. The van der Waals surface area contributed by atoms with Crippen molar-refractivity contribution >= 4 is 11.8 Å². The third-order valence-electron chi connectivity index (χ3n) is 4.19. The van der Waals surface area contributed by atoms with E-state index in [9.17, 15) is 9.59 Å². The summed E-state index contributed by atoms with van der Waals surface area (Å²) in [6, 6.07) is 9.46. The fourth-order valence-electron chi connectivity index (χ4n) is 3.12. The average Bonchev–Trinajstić information content (AvgIpc) is 2.86. The van der Waals surface area contributed by atoms with Gasteiger partial charge in [0.25, 0.3) is 0 Å². The molecule has 1 saturated heterocycles. The molecule has 1 aliphatic heterocycles. The highest BCUT2D eigenvalue weighted by Crippen LogP contribution is 2.32. The largest absolute Gasteiger partial charge is 0.469 e. The summed E-state index contributed by atoms with van der Waals surface area (Å²) in [4.78, 5) is 25.9. The van der Waals surface area contributed by atoms with E-state index in [0.29, 0.717) is 19.5 Å². The molecule has 0 radical (unpaired) electrons. The first kappa shape index (κ1) is 15.7. The van der Waals surface area contributed by atoms with Gasteiger partial charge >= 0.3 is 5.97 Å². The number of carbonyl (C=O) groups excluding carboxylic acids is 2. The molecule has 0 saturated carbocycles. The molecule has 3 unspecified atom stereocenters. The minimum atomic E-state index is -0.336. The molecular formula is C16H22N2O3. The number of nitrogens with zero attached hydrogens (tertiary/aromatic N) is 1. The highest BCUT2D eigenvalue weighted by Gasteiger charge is 2.46. The second-order valence-corrected chi connectivity index (χ2v) is 5.45. The molecule has 1 fully saturated rings. The van der Waals surface area contributed by atoms with Gasteiger partial charge in [-0.15, -0.1) is 0 Å². The number of carbonyl (C=O) groups is 2. The number of ether oxygens (including phenoxy) is 1. The van der Waals surface area contributed by atoms with E-state index in [1.165, 1.54) is 7.11 Å². The van der Waals surface area contributed by atoms with Gasteiger partial charge in [-0.2, -0.15) is 0 Å². The molecule has 0 bridgehead atoms. The number of likely N-dealkylation sites (tertiary alicyclic amines) is 1. The molecule has 0 aromatic heterocycles. The van der Waals surface area contributed by atoms with E-state index in [-0.39, 0.29) is 29.8 Å². The van der Waals surface area contributed by atoms with Gasteiger partial charge in [-0.3, -0.25) is 14.5 Å². The Kier molecular flexibility index (Phi) is 5.09. The summed E-state index contributed by atoms with van der Waals surface area (Å²) in [5.41, 5.74) is 6.97. The maximum atomic E-state index is 11.9. The number of rotatable bonds is 5. The number of esters is 1. The van der Waals surface area contributed by atoms with Crippen LogP contribution < -0.4 is 5.73 Å². The van der Waals surface area contributed by atoms with Crippen molar-refractivity contribution in [1.82, 2.24) is 4.90 Å². The summed E-state index contributed by atoms with van der Waals surface area (Å²) in [6.45, 7) is 2.51. The van der Waals surface area contributed by atoms with E-state index in [4.69, 9.17) is 10.5 Å².